The third kappa shape index (κ3) is 5.98. The van der Waals surface area contributed by atoms with E-state index in [1.807, 2.05) is 0 Å². The van der Waals surface area contributed by atoms with Crippen molar-refractivity contribution in [1.82, 2.24) is 0 Å². The van der Waals surface area contributed by atoms with Gasteiger partial charge in [-0.1, -0.05) is 119 Å². The Kier molecular flexibility index (Phi) is 8.81. The largest absolute Gasteiger partial charge is 0.311 e. The number of rotatable bonds is 8. The Labute approximate surface area is 288 Å². The number of para-hydroxylation sites is 4. The molecule has 226 valence electrons. The van der Waals surface area contributed by atoms with Crippen molar-refractivity contribution < 1.29 is 0 Å². The molecule has 0 spiro atoms. The van der Waals surface area contributed by atoms with Crippen LogP contribution in [0.2, 0.25) is 0 Å². The highest BCUT2D eigenvalue weighted by Gasteiger charge is 2.19. The lowest BCUT2D eigenvalue weighted by Crippen LogP contribution is -2.44. The van der Waals surface area contributed by atoms with Crippen LogP contribution in [0, 0.1) is 0 Å². The fourth-order valence-corrected chi connectivity index (χ4v) is 6.94. The van der Waals surface area contributed by atoms with Gasteiger partial charge in [0.15, 0.2) is 0 Å². The summed E-state index contributed by atoms with van der Waals surface area (Å²) in [4.78, 5) is 4.62. The Hall–Kier alpha value is -5.60. The molecule has 0 fully saturated rings. The minimum absolute atomic E-state index is 1.14. The highest BCUT2D eigenvalue weighted by Crippen LogP contribution is 2.36. The van der Waals surface area contributed by atoms with Gasteiger partial charge in [-0.2, -0.15) is 0 Å². The fraction of sp³-hybridized carbons (Fsp3) is 0. The minimum Gasteiger partial charge on any atom is -0.311 e. The van der Waals surface area contributed by atoms with Gasteiger partial charge in [0, 0.05) is 34.1 Å². The van der Waals surface area contributed by atoms with E-state index < -0.39 is 0 Å². The zero-order valence-corrected chi connectivity index (χ0v) is 28.1. The monoisotopic (exact) mass is 612 g/mol. The molecule has 0 bridgehead atoms. The first-order valence-corrected chi connectivity index (χ1v) is 16.6. The molecule has 0 atom stereocenters. The Balaban J connectivity index is 1.24. The summed E-state index contributed by atoms with van der Waals surface area (Å²) in [7, 11) is 9.09. The molecule has 0 aromatic heterocycles. The van der Waals surface area contributed by atoms with Crippen molar-refractivity contribution in [2.75, 3.05) is 9.80 Å². The topological polar surface area (TPSA) is 6.48 Å². The second-order valence-corrected chi connectivity index (χ2v) is 12.4. The maximum Gasteiger partial charge on any atom is 0.139 e. The van der Waals surface area contributed by atoms with Crippen LogP contribution in [0.5, 0.6) is 0 Å². The molecule has 2 nitrogen and oxygen atoms in total. The number of anilines is 6. The van der Waals surface area contributed by atoms with E-state index >= 15 is 0 Å². The quantitative estimate of drug-likeness (QED) is 0.224. The molecule has 7 aromatic carbocycles. The van der Waals surface area contributed by atoms with Crippen molar-refractivity contribution in [3.63, 3.8) is 0 Å². The number of benzene rings is 7. The SMILES string of the molecule is Bc1c(B)c(-c2ccc(N(c3ccccc3)c3ccccc3)cc2)c(B)c(B)c1-c1ccc(N(c2ccccc2)c2ccccc2)cc1. The van der Waals surface area contributed by atoms with Crippen LogP contribution in [0.4, 0.5) is 34.1 Å². The van der Waals surface area contributed by atoms with Crippen molar-refractivity contribution in [3.8, 4) is 22.3 Å². The molecular formula is C42H36B4N2. The van der Waals surface area contributed by atoms with Crippen LogP contribution < -0.4 is 31.7 Å². The standard InChI is InChI=1S/C42H36B4N2/c43-39-37(29-21-25-35(26-22-29)47(31-13-5-1-6-14-31)32-15-7-2-8-16-32)40(44)42(46)38(41(39)45)30-23-27-36(28-24-30)48(33-17-9-3-10-18-33)34-19-11-4-12-20-34/h1-28H,43-46H2. The van der Waals surface area contributed by atoms with Crippen molar-refractivity contribution in [2.24, 2.45) is 0 Å². The van der Waals surface area contributed by atoms with Gasteiger partial charge in [0.1, 0.15) is 31.4 Å². The summed E-state index contributed by atoms with van der Waals surface area (Å²) in [6.45, 7) is 0. The average Bonchev–Trinajstić information content (AvgIpc) is 3.14. The van der Waals surface area contributed by atoms with Gasteiger partial charge in [0.2, 0.25) is 0 Å². The molecule has 0 unspecified atom stereocenters. The predicted molar refractivity (Wildman–Crippen MR) is 219 cm³/mol. The van der Waals surface area contributed by atoms with Gasteiger partial charge >= 0.3 is 0 Å². The molecule has 0 aliphatic rings. The predicted octanol–water partition coefficient (Wildman–Crippen LogP) is 4.99. The highest BCUT2D eigenvalue weighted by atomic mass is 15.1. The highest BCUT2D eigenvalue weighted by molar-refractivity contribution is 6.62. The summed E-state index contributed by atoms with van der Waals surface area (Å²) in [6.07, 6.45) is 0. The number of hydrogen-bond donors (Lipinski definition) is 0. The van der Waals surface area contributed by atoms with Gasteiger partial charge in [-0.05, 0) is 95.1 Å². The van der Waals surface area contributed by atoms with Crippen LogP contribution in [0.3, 0.4) is 0 Å². The average molecular weight is 612 g/mol. The maximum atomic E-state index is 2.31. The van der Waals surface area contributed by atoms with Crippen molar-refractivity contribution in [1.29, 1.82) is 0 Å². The molecule has 0 aliphatic carbocycles. The molecule has 0 aliphatic heterocycles. The number of hydrogen-bond acceptors (Lipinski definition) is 2. The lowest BCUT2D eigenvalue weighted by atomic mass is 9.62. The molecular weight excluding hydrogens is 576 g/mol. The summed E-state index contributed by atoms with van der Waals surface area (Å²) in [5.41, 5.74) is 17.2. The minimum atomic E-state index is 1.14. The molecule has 6 heteroatoms. The van der Waals surface area contributed by atoms with Gasteiger partial charge in [0.25, 0.3) is 0 Å². The van der Waals surface area contributed by atoms with Gasteiger partial charge in [-0.25, -0.2) is 0 Å². The summed E-state index contributed by atoms with van der Waals surface area (Å²) in [5.74, 6) is 0. The summed E-state index contributed by atoms with van der Waals surface area (Å²) < 4.78 is 0. The summed E-state index contributed by atoms with van der Waals surface area (Å²) in [6, 6.07) is 60.4. The Morgan fingerprint density at radius 2 is 0.458 bits per heavy atom. The molecule has 0 saturated carbocycles. The first kappa shape index (κ1) is 31.0. The summed E-state index contributed by atoms with van der Waals surface area (Å²) >= 11 is 0. The van der Waals surface area contributed by atoms with E-state index in [1.165, 1.54) is 44.1 Å². The molecule has 7 aromatic rings. The van der Waals surface area contributed by atoms with Crippen molar-refractivity contribution in [3.05, 3.63) is 170 Å². The van der Waals surface area contributed by atoms with Gasteiger partial charge in [-0.3, -0.25) is 0 Å². The second kappa shape index (κ2) is 13.6. The van der Waals surface area contributed by atoms with E-state index in [4.69, 9.17) is 0 Å². The van der Waals surface area contributed by atoms with E-state index in [0.29, 0.717) is 0 Å². The normalized spacial score (nSPS) is 10.8. The summed E-state index contributed by atoms with van der Waals surface area (Å²) in [5, 5.41) is 0. The van der Waals surface area contributed by atoms with Crippen LogP contribution in [-0.4, -0.2) is 31.4 Å². The Bertz CT molecular complexity index is 1870. The van der Waals surface area contributed by atoms with Crippen LogP contribution in [0.25, 0.3) is 22.3 Å². The molecule has 0 heterocycles. The first-order valence-electron chi connectivity index (χ1n) is 16.6. The van der Waals surface area contributed by atoms with E-state index in [1.54, 1.807) is 0 Å². The Morgan fingerprint density at radius 3 is 0.688 bits per heavy atom. The lowest BCUT2D eigenvalue weighted by Gasteiger charge is -2.27. The fourth-order valence-electron chi connectivity index (χ4n) is 6.94. The van der Waals surface area contributed by atoms with E-state index in [2.05, 4.69) is 211 Å². The molecule has 0 amide bonds. The zero-order chi connectivity index (χ0) is 33.0. The molecule has 7 rings (SSSR count). The van der Waals surface area contributed by atoms with Gasteiger partial charge in [-0.15, -0.1) is 0 Å². The molecule has 0 N–H and O–H groups in total. The van der Waals surface area contributed by atoms with Crippen LogP contribution in [-0.2, 0) is 0 Å². The van der Waals surface area contributed by atoms with Crippen LogP contribution >= 0.6 is 0 Å². The molecule has 48 heavy (non-hydrogen) atoms. The lowest BCUT2D eigenvalue weighted by molar-refractivity contribution is 1.28. The van der Waals surface area contributed by atoms with Gasteiger partial charge in [0.05, 0.1) is 0 Å². The van der Waals surface area contributed by atoms with E-state index in [0.717, 1.165) is 34.1 Å². The maximum absolute atomic E-state index is 2.31. The van der Waals surface area contributed by atoms with Crippen molar-refractivity contribution >= 4 is 87.4 Å². The van der Waals surface area contributed by atoms with E-state index in [9.17, 15) is 0 Å². The molecule has 0 radical (unpaired) electrons. The first-order chi connectivity index (χ1) is 23.5. The smallest absolute Gasteiger partial charge is 0.139 e. The van der Waals surface area contributed by atoms with Crippen LogP contribution in [0.15, 0.2) is 170 Å². The van der Waals surface area contributed by atoms with E-state index in [-0.39, 0.29) is 0 Å². The van der Waals surface area contributed by atoms with Gasteiger partial charge < -0.3 is 9.80 Å². The van der Waals surface area contributed by atoms with Crippen molar-refractivity contribution in [2.45, 2.75) is 0 Å². The van der Waals surface area contributed by atoms with Crippen LogP contribution in [0.1, 0.15) is 0 Å². The Morgan fingerprint density at radius 1 is 0.250 bits per heavy atom. The molecule has 0 saturated heterocycles. The third-order valence-corrected chi connectivity index (χ3v) is 9.51. The zero-order valence-electron chi connectivity index (χ0n) is 28.1. The number of nitrogens with zero attached hydrogens (tertiary/aromatic N) is 2. The second-order valence-electron chi connectivity index (χ2n) is 12.4. The third-order valence-electron chi connectivity index (χ3n) is 9.51.